The number of fused-ring (bicyclic) bond motifs is 3. The minimum Gasteiger partial charge on any atom is -0.323 e. The molecule has 92 valence electrons. The molecule has 2 N–H and O–H groups in total. The largest absolute Gasteiger partial charge is 0.323 e. The van der Waals surface area contributed by atoms with Gasteiger partial charge in [0.15, 0.2) is 0 Å². The van der Waals surface area contributed by atoms with E-state index in [1.165, 1.54) is 13.1 Å². The predicted molar refractivity (Wildman–Crippen MR) is 70.2 cm³/mol. The van der Waals surface area contributed by atoms with Gasteiger partial charge >= 0.3 is 0 Å². The Balaban J connectivity index is 1.83. The van der Waals surface area contributed by atoms with Crippen LogP contribution in [-0.4, -0.2) is 48.6 Å². The predicted octanol–water partition coefficient (Wildman–Crippen LogP) is 1.34. The Morgan fingerprint density at radius 2 is 1.88 bits per heavy atom. The number of rotatable bonds is 2. The number of benzene rings is 1. The first kappa shape index (κ1) is 11.5. The topological polar surface area (TPSA) is 32.5 Å². The standard InChI is InChI=1S/C13H18ClN3/c14-11-4-2-1-3-10(11)13(15)12-9-16-5-7-17(12)8-6-16/h1-4,12-13H,5-9,15H2. The molecule has 0 amide bonds. The van der Waals surface area contributed by atoms with Gasteiger partial charge in [0.1, 0.15) is 0 Å². The molecule has 0 aromatic heterocycles. The van der Waals surface area contributed by atoms with Gasteiger partial charge in [-0.3, -0.25) is 9.80 Å². The third-order valence-electron chi connectivity index (χ3n) is 4.00. The van der Waals surface area contributed by atoms with Crippen LogP contribution in [0.4, 0.5) is 0 Å². The van der Waals surface area contributed by atoms with Gasteiger partial charge in [-0.15, -0.1) is 0 Å². The summed E-state index contributed by atoms with van der Waals surface area (Å²) in [6, 6.07) is 8.37. The smallest absolute Gasteiger partial charge is 0.0480 e. The van der Waals surface area contributed by atoms with Gasteiger partial charge in [0.2, 0.25) is 0 Å². The molecule has 2 unspecified atom stereocenters. The lowest BCUT2D eigenvalue weighted by atomic mass is 9.95. The maximum atomic E-state index is 6.40. The van der Waals surface area contributed by atoms with Crippen LogP contribution in [-0.2, 0) is 0 Å². The van der Waals surface area contributed by atoms with Crippen molar-refractivity contribution < 1.29 is 0 Å². The van der Waals surface area contributed by atoms with Crippen molar-refractivity contribution in [2.45, 2.75) is 12.1 Å². The van der Waals surface area contributed by atoms with E-state index >= 15 is 0 Å². The molecule has 3 aliphatic heterocycles. The fourth-order valence-corrected chi connectivity index (χ4v) is 3.21. The highest BCUT2D eigenvalue weighted by Crippen LogP contribution is 2.29. The van der Waals surface area contributed by atoms with Crippen molar-refractivity contribution in [3.63, 3.8) is 0 Å². The van der Waals surface area contributed by atoms with Crippen LogP contribution < -0.4 is 5.73 Å². The van der Waals surface area contributed by atoms with Crippen LogP contribution >= 0.6 is 11.6 Å². The monoisotopic (exact) mass is 251 g/mol. The number of piperazine rings is 3. The molecule has 3 fully saturated rings. The molecule has 3 heterocycles. The summed E-state index contributed by atoms with van der Waals surface area (Å²) in [6.45, 7) is 5.73. The quantitative estimate of drug-likeness (QED) is 0.861. The summed E-state index contributed by atoms with van der Waals surface area (Å²) in [5, 5.41) is 0.789. The van der Waals surface area contributed by atoms with E-state index in [2.05, 4.69) is 9.80 Å². The number of halogens is 1. The maximum Gasteiger partial charge on any atom is 0.0480 e. The maximum absolute atomic E-state index is 6.40. The Hall–Kier alpha value is -0.610. The highest BCUT2D eigenvalue weighted by molar-refractivity contribution is 6.31. The summed E-state index contributed by atoms with van der Waals surface area (Å²) in [4.78, 5) is 5.01. The highest BCUT2D eigenvalue weighted by atomic mass is 35.5. The van der Waals surface area contributed by atoms with Gasteiger partial charge in [0.05, 0.1) is 0 Å². The molecule has 2 atom stereocenters. The zero-order valence-corrected chi connectivity index (χ0v) is 10.6. The second kappa shape index (κ2) is 4.58. The molecule has 3 aliphatic rings. The second-order valence-corrected chi connectivity index (χ2v) is 5.36. The van der Waals surface area contributed by atoms with Crippen LogP contribution in [0.25, 0.3) is 0 Å². The molecule has 4 rings (SSSR count). The third kappa shape index (κ3) is 2.08. The lowest BCUT2D eigenvalue weighted by Crippen LogP contribution is -2.63. The molecule has 0 spiro atoms. The van der Waals surface area contributed by atoms with E-state index in [4.69, 9.17) is 17.3 Å². The highest BCUT2D eigenvalue weighted by Gasteiger charge is 2.36. The zero-order chi connectivity index (χ0) is 11.8. The molecular weight excluding hydrogens is 234 g/mol. The molecule has 3 saturated heterocycles. The van der Waals surface area contributed by atoms with E-state index in [1.54, 1.807) is 0 Å². The van der Waals surface area contributed by atoms with Gasteiger partial charge in [0, 0.05) is 49.8 Å². The van der Waals surface area contributed by atoms with E-state index in [0.717, 1.165) is 30.2 Å². The van der Waals surface area contributed by atoms with E-state index in [0.29, 0.717) is 6.04 Å². The summed E-state index contributed by atoms with van der Waals surface area (Å²) in [5.74, 6) is 0. The first-order chi connectivity index (χ1) is 8.25. The van der Waals surface area contributed by atoms with Crippen LogP contribution in [0.5, 0.6) is 0 Å². The zero-order valence-electron chi connectivity index (χ0n) is 9.85. The third-order valence-corrected chi connectivity index (χ3v) is 4.34. The van der Waals surface area contributed by atoms with Crippen LogP contribution in [0, 0.1) is 0 Å². The first-order valence-electron chi connectivity index (χ1n) is 6.22. The Morgan fingerprint density at radius 1 is 1.18 bits per heavy atom. The average Bonchev–Trinajstić information content (AvgIpc) is 2.40. The Bertz CT molecular complexity index is 401. The van der Waals surface area contributed by atoms with Crippen molar-refractivity contribution in [3.05, 3.63) is 34.9 Å². The first-order valence-corrected chi connectivity index (χ1v) is 6.60. The lowest BCUT2D eigenvalue weighted by molar-refractivity contribution is 0.00216. The normalized spacial score (nSPS) is 33.6. The lowest BCUT2D eigenvalue weighted by Gasteiger charge is -2.49. The van der Waals surface area contributed by atoms with Crippen molar-refractivity contribution in [2.24, 2.45) is 5.73 Å². The van der Waals surface area contributed by atoms with Crippen LogP contribution in [0.15, 0.2) is 24.3 Å². The Kier molecular flexibility index (Phi) is 3.09. The van der Waals surface area contributed by atoms with Crippen molar-refractivity contribution in [1.82, 2.24) is 9.80 Å². The van der Waals surface area contributed by atoms with Crippen LogP contribution in [0.3, 0.4) is 0 Å². The van der Waals surface area contributed by atoms with Crippen LogP contribution in [0.1, 0.15) is 11.6 Å². The molecule has 0 aliphatic carbocycles. The second-order valence-electron chi connectivity index (χ2n) is 4.95. The minimum absolute atomic E-state index is 0.0202. The summed E-state index contributed by atoms with van der Waals surface area (Å²) in [5.41, 5.74) is 7.48. The van der Waals surface area contributed by atoms with Crippen molar-refractivity contribution >= 4 is 11.6 Å². The number of nitrogens with two attached hydrogens (primary N) is 1. The molecule has 3 nitrogen and oxygen atoms in total. The summed E-state index contributed by atoms with van der Waals surface area (Å²) in [7, 11) is 0. The fraction of sp³-hybridized carbons (Fsp3) is 0.538. The average molecular weight is 252 g/mol. The van der Waals surface area contributed by atoms with E-state index in [9.17, 15) is 0 Å². The number of nitrogens with zero attached hydrogens (tertiary/aromatic N) is 2. The minimum atomic E-state index is 0.0202. The molecule has 17 heavy (non-hydrogen) atoms. The molecule has 0 saturated carbocycles. The molecule has 1 aromatic carbocycles. The van der Waals surface area contributed by atoms with E-state index < -0.39 is 0 Å². The van der Waals surface area contributed by atoms with Gasteiger partial charge < -0.3 is 5.73 Å². The SMILES string of the molecule is NC(c1ccccc1Cl)C1CN2CCN1CC2. The fourth-order valence-electron chi connectivity index (χ4n) is 2.95. The Morgan fingerprint density at radius 3 is 2.47 bits per heavy atom. The summed E-state index contributed by atoms with van der Waals surface area (Å²) < 4.78 is 0. The number of hydrogen-bond acceptors (Lipinski definition) is 3. The van der Waals surface area contributed by atoms with Crippen LogP contribution in [0.2, 0.25) is 5.02 Å². The molecular formula is C13H18ClN3. The summed E-state index contributed by atoms with van der Waals surface area (Å²) in [6.07, 6.45) is 0. The molecule has 0 radical (unpaired) electrons. The van der Waals surface area contributed by atoms with Crippen molar-refractivity contribution in [1.29, 1.82) is 0 Å². The molecule has 4 heteroatoms. The van der Waals surface area contributed by atoms with E-state index in [-0.39, 0.29) is 6.04 Å². The molecule has 2 bridgehead atoms. The number of hydrogen-bond donors (Lipinski definition) is 1. The van der Waals surface area contributed by atoms with Gasteiger partial charge in [-0.25, -0.2) is 0 Å². The van der Waals surface area contributed by atoms with Crippen molar-refractivity contribution in [2.75, 3.05) is 32.7 Å². The van der Waals surface area contributed by atoms with Gasteiger partial charge in [-0.1, -0.05) is 29.8 Å². The van der Waals surface area contributed by atoms with Gasteiger partial charge in [0.25, 0.3) is 0 Å². The van der Waals surface area contributed by atoms with Gasteiger partial charge in [-0.2, -0.15) is 0 Å². The van der Waals surface area contributed by atoms with E-state index in [1.807, 2.05) is 24.3 Å². The molecule has 1 aromatic rings. The Labute approximate surface area is 107 Å². The summed E-state index contributed by atoms with van der Waals surface area (Å²) >= 11 is 6.23. The van der Waals surface area contributed by atoms with Crippen molar-refractivity contribution in [3.8, 4) is 0 Å². The van der Waals surface area contributed by atoms with Gasteiger partial charge in [-0.05, 0) is 11.6 Å².